The molecule has 1 atom stereocenters. The molecule has 2 N–H and O–H groups in total. The Morgan fingerprint density at radius 2 is 2.14 bits per heavy atom. The summed E-state index contributed by atoms with van der Waals surface area (Å²) in [6, 6.07) is 5.89. The highest BCUT2D eigenvalue weighted by molar-refractivity contribution is 5.78. The van der Waals surface area contributed by atoms with Crippen molar-refractivity contribution in [3.05, 3.63) is 24.4 Å². The first-order valence-electron chi connectivity index (χ1n) is 7.93. The lowest BCUT2D eigenvalue weighted by molar-refractivity contribution is -0.122. The van der Waals surface area contributed by atoms with Crippen LogP contribution in [-0.2, 0) is 4.79 Å². The molecule has 5 nitrogen and oxygen atoms in total. The summed E-state index contributed by atoms with van der Waals surface area (Å²) >= 11 is 0. The van der Waals surface area contributed by atoms with Crippen molar-refractivity contribution in [2.24, 2.45) is 11.8 Å². The van der Waals surface area contributed by atoms with Gasteiger partial charge in [0.2, 0.25) is 5.91 Å². The predicted octanol–water partition coefficient (Wildman–Crippen LogP) is 1.34. The largest absolute Gasteiger partial charge is 0.370 e. The van der Waals surface area contributed by atoms with Crippen LogP contribution in [0, 0.1) is 11.8 Å². The van der Waals surface area contributed by atoms with Gasteiger partial charge in [-0.3, -0.25) is 9.69 Å². The van der Waals surface area contributed by atoms with Crippen molar-refractivity contribution in [3.63, 3.8) is 0 Å². The van der Waals surface area contributed by atoms with Crippen LogP contribution >= 0.6 is 0 Å². The Morgan fingerprint density at radius 1 is 1.24 bits per heavy atom. The smallest absolute Gasteiger partial charge is 0.234 e. The topological polar surface area (TPSA) is 57.3 Å². The number of hydrogen-bond donors (Lipinski definition) is 2. The average Bonchev–Trinajstić information content (AvgIpc) is 3.24. The third kappa shape index (κ3) is 4.70. The van der Waals surface area contributed by atoms with E-state index in [0.29, 0.717) is 12.5 Å². The molecule has 0 bridgehead atoms. The average molecular weight is 288 g/mol. The molecule has 0 unspecified atom stereocenters. The van der Waals surface area contributed by atoms with Crippen molar-refractivity contribution in [3.8, 4) is 0 Å². The minimum absolute atomic E-state index is 0.181. The Balaban J connectivity index is 1.33. The molecule has 0 radical (unpaired) electrons. The van der Waals surface area contributed by atoms with E-state index in [4.69, 9.17) is 0 Å². The van der Waals surface area contributed by atoms with Gasteiger partial charge >= 0.3 is 0 Å². The molecule has 0 aromatic carbocycles. The fraction of sp³-hybridized carbons (Fsp3) is 0.625. The van der Waals surface area contributed by atoms with Crippen LogP contribution < -0.4 is 10.6 Å². The van der Waals surface area contributed by atoms with Gasteiger partial charge < -0.3 is 10.6 Å². The summed E-state index contributed by atoms with van der Waals surface area (Å²) in [6.07, 6.45) is 5.51. The summed E-state index contributed by atoms with van der Waals surface area (Å²) in [6.45, 7) is 4.36. The second-order valence-corrected chi connectivity index (χ2v) is 6.23. The summed E-state index contributed by atoms with van der Waals surface area (Å²) in [5, 5.41) is 6.41. The molecule has 5 heteroatoms. The van der Waals surface area contributed by atoms with Crippen LogP contribution in [-0.4, -0.2) is 48.5 Å². The molecule has 1 aliphatic heterocycles. The molecule has 1 aromatic rings. The predicted molar refractivity (Wildman–Crippen MR) is 83.0 cm³/mol. The van der Waals surface area contributed by atoms with Crippen LogP contribution in [0.3, 0.4) is 0 Å². The number of aromatic nitrogens is 1. The second kappa shape index (κ2) is 6.89. The number of pyridine rings is 1. The molecule has 1 amide bonds. The van der Waals surface area contributed by atoms with Crippen LogP contribution in [0.1, 0.15) is 19.3 Å². The first-order chi connectivity index (χ1) is 10.3. The van der Waals surface area contributed by atoms with Gasteiger partial charge in [0, 0.05) is 25.8 Å². The molecule has 0 spiro atoms. The summed E-state index contributed by atoms with van der Waals surface area (Å²) in [5.74, 6) is 2.46. The van der Waals surface area contributed by atoms with Crippen LogP contribution in [0.4, 0.5) is 5.82 Å². The van der Waals surface area contributed by atoms with Gasteiger partial charge in [0.05, 0.1) is 6.54 Å². The number of amides is 1. The van der Waals surface area contributed by atoms with E-state index in [2.05, 4.69) is 20.5 Å². The van der Waals surface area contributed by atoms with Crippen LogP contribution in [0.5, 0.6) is 0 Å². The second-order valence-electron chi connectivity index (χ2n) is 6.23. The monoisotopic (exact) mass is 288 g/mol. The molecule has 1 saturated carbocycles. The molecule has 2 aliphatic rings. The molecule has 114 valence electrons. The van der Waals surface area contributed by atoms with Crippen LogP contribution in [0.15, 0.2) is 24.4 Å². The first-order valence-corrected chi connectivity index (χ1v) is 7.93. The van der Waals surface area contributed by atoms with E-state index < -0.39 is 0 Å². The zero-order valence-electron chi connectivity index (χ0n) is 12.4. The van der Waals surface area contributed by atoms with Crippen LogP contribution in [0.25, 0.3) is 0 Å². The highest BCUT2D eigenvalue weighted by atomic mass is 16.2. The molecule has 1 aliphatic carbocycles. The summed E-state index contributed by atoms with van der Waals surface area (Å²) in [7, 11) is 0. The Kier molecular flexibility index (Phi) is 4.70. The minimum Gasteiger partial charge on any atom is -0.370 e. The molecular formula is C16H24N4O. The SMILES string of the molecule is O=C(CN1CC[C@@H](CNc2ccccn2)C1)NCC1CC1. The normalized spacial score (nSPS) is 22.2. The number of rotatable bonds is 7. The summed E-state index contributed by atoms with van der Waals surface area (Å²) in [5.41, 5.74) is 0. The van der Waals surface area contributed by atoms with E-state index >= 15 is 0 Å². The lowest BCUT2D eigenvalue weighted by Gasteiger charge is -2.16. The molecule has 2 heterocycles. The van der Waals surface area contributed by atoms with Gasteiger partial charge in [0.25, 0.3) is 0 Å². The number of nitrogens with zero attached hydrogens (tertiary/aromatic N) is 2. The standard InChI is InChI=1S/C16H24N4O/c21-16(19-9-13-4-5-13)12-20-8-6-14(11-20)10-18-15-3-1-2-7-17-15/h1-3,7,13-14H,4-6,8-12H2,(H,17,18)(H,19,21)/t14-/m0/s1. The van der Waals surface area contributed by atoms with Crippen molar-refractivity contribution in [2.45, 2.75) is 19.3 Å². The maximum Gasteiger partial charge on any atom is 0.234 e. The van der Waals surface area contributed by atoms with Gasteiger partial charge in [-0.2, -0.15) is 0 Å². The number of hydrogen-bond acceptors (Lipinski definition) is 4. The van der Waals surface area contributed by atoms with Gasteiger partial charge in [-0.1, -0.05) is 6.07 Å². The number of likely N-dealkylation sites (tertiary alicyclic amines) is 1. The third-order valence-electron chi connectivity index (χ3n) is 4.26. The van der Waals surface area contributed by atoms with Crippen molar-refractivity contribution < 1.29 is 4.79 Å². The van der Waals surface area contributed by atoms with E-state index in [1.807, 2.05) is 18.2 Å². The Morgan fingerprint density at radius 3 is 2.90 bits per heavy atom. The molecule has 1 aromatic heterocycles. The van der Waals surface area contributed by atoms with E-state index in [9.17, 15) is 4.79 Å². The lowest BCUT2D eigenvalue weighted by atomic mass is 10.1. The quantitative estimate of drug-likeness (QED) is 0.795. The first kappa shape index (κ1) is 14.3. The van der Waals surface area contributed by atoms with E-state index in [0.717, 1.165) is 44.3 Å². The van der Waals surface area contributed by atoms with Gasteiger partial charge in [-0.15, -0.1) is 0 Å². The number of carbonyl (C=O) groups is 1. The zero-order chi connectivity index (χ0) is 14.5. The molecule has 1 saturated heterocycles. The maximum atomic E-state index is 11.8. The van der Waals surface area contributed by atoms with Gasteiger partial charge in [-0.25, -0.2) is 4.98 Å². The van der Waals surface area contributed by atoms with E-state index in [1.165, 1.54) is 12.8 Å². The van der Waals surface area contributed by atoms with Gasteiger partial charge in [-0.05, 0) is 49.8 Å². The van der Waals surface area contributed by atoms with Gasteiger partial charge in [0.1, 0.15) is 5.82 Å². The molecule has 2 fully saturated rings. The Bertz CT molecular complexity index is 461. The van der Waals surface area contributed by atoms with Crippen molar-refractivity contribution in [2.75, 3.05) is 38.0 Å². The number of carbonyl (C=O) groups excluding carboxylic acids is 1. The van der Waals surface area contributed by atoms with Crippen molar-refractivity contribution in [1.29, 1.82) is 0 Å². The minimum atomic E-state index is 0.181. The van der Waals surface area contributed by atoms with Crippen molar-refractivity contribution in [1.82, 2.24) is 15.2 Å². The zero-order valence-corrected chi connectivity index (χ0v) is 12.4. The van der Waals surface area contributed by atoms with Gasteiger partial charge in [0.15, 0.2) is 0 Å². The maximum absolute atomic E-state index is 11.8. The summed E-state index contributed by atoms with van der Waals surface area (Å²) in [4.78, 5) is 18.4. The van der Waals surface area contributed by atoms with Crippen LogP contribution in [0.2, 0.25) is 0 Å². The highest BCUT2D eigenvalue weighted by Gasteiger charge is 2.25. The van der Waals surface area contributed by atoms with Crippen molar-refractivity contribution >= 4 is 11.7 Å². The molecular weight excluding hydrogens is 264 g/mol. The third-order valence-corrected chi connectivity index (χ3v) is 4.26. The Labute approximate surface area is 126 Å². The summed E-state index contributed by atoms with van der Waals surface area (Å²) < 4.78 is 0. The Hall–Kier alpha value is -1.62. The lowest BCUT2D eigenvalue weighted by Crippen LogP contribution is -2.37. The fourth-order valence-electron chi connectivity index (χ4n) is 2.78. The number of anilines is 1. The van der Waals surface area contributed by atoms with E-state index in [-0.39, 0.29) is 5.91 Å². The fourth-order valence-corrected chi connectivity index (χ4v) is 2.78. The van der Waals surface area contributed by atoms with E-state index in [1.54, 1.807) is 6.20 Å². The highest BCUT2D eigenvalue weighted by Crippen LogP contribution is 2.27. The number of nitrogens with one attached hydrogen (secondary N) is 2. The molecule has 21 heavy (non-hydrogen) atoms. The molecule has 3 rings (SSSR count).